The Hall–Kier alpha value is -4.52. The Kier molecular flexibility index (Phi) is 11.8. The molecule has 2 aliphatic carbocycles. The molecular formula is C42H54N5O7S+. The van der Waals surface area contributed by atoms with Crippen molar-refractivity contribution in [1.82, 2.24) is 20.2 Å². The summed E-state index contributed by atoms with van der Waals surface area (Å²) >= 11 is 1.48. The van der Waals surface area contributed by atoms with Crippen molar-refractivity contribution in [3.63, 3.8) is 0 Å². The van der Waals surface area contributed by atoms with E-state index in [4.69, 9.17) is 24.2 Å². The zero-order valence-electron chi connectivity index (χ0n) is 32.2. The van der Waals surface area contributed by atoms with Crippen molar-refractivity contribution >= 4 is 45.3 Å². The average molecular weight is 773 g/mol. The van der Waals surface area contributed by atoms with Crippen LogP contribution in [0.15, 0.2) is 35.7 Å². The Labute approximate surface area is 327 Å². The number of anilines is 1. The Bertz CT molecular complexity index is 1910. The van der Waals surface area contributed by atoms with Gasteiger partial charge in [-0.2, -0.15) is 0 Å². The van der Waals surface area contributed by atoms with E-state index in [9.17, 15) is 19.5 Å². The molecule has 2 aliphatic heterocycles. The molecule has 7 rings (SSSR count). The fourth-order valence-electron chi connectivity index (χ4n) is 8.67. The van der Waals surface area contributed by atoms with Crippen molar-refractivity contribution in [1.29, 1.82) is 0 Å². The first-order valence-corrected chi connectivity index (χ1v) is 20.8. The molecule has 2 aromatic heterocycles. The van der Waals surface area contributed by atoms with Gasteiger partial charge in [0.05, 0.1) is 37.2 Å². The zero-order valence-corrected chi connectivity index (χ0v) is 33.0. The summed E-state index contributed by atoms with van der Waals surface area (Å²) in [5, 5.41) is 20.1. The van der Waals surface area contributed by atoms with Crippen LogP contribution in [0.3, 0.4) is 0 Å². The minimum absolute atomic E-state index is 0.00688. The molecule has 4 heterocycles. The molecule has 0 spiro atoms. The van der Waals surface area contributed by atoms with Crippen molar-refractivity contribution in [3.8, 4) is 22.9 Å². The van der Waals surface area contributed by atoms with E-state index in [1.54, 1.807) is 7.11 Å². The van der Waals surface area contributed by atoms with E-state index in [2.05, 4.69) is 29.7 Å². The second kappa shape index (κ2) is 16.7. The number of rotatable bonds is 9. The predicted molar refractivity (Wildman–Crippen MR) is 212 cm³/mol. The van der Waals surface area contributed by atoms with Gasteiger partial charge in [0.25, 0.3) is 0 Å². The molecule has 2 amide bonds. The van der Waals surface area contributed by atoms with E-state index in [0.29, 0.717) is 61.5 Å². The molecule has 2 unspecified atom stereocenters. The monoisotopic (exact) mass is 772 g/mol. The van der Waals surface area contributed by atoms with Crippen molar-refractivity contribution in [2.24, 2.45) is 11.3 Å². The molecule has 3 N–H and O–H groups in total. The predicted octanol–water partition coefficient (Wildman–Crippen LogP) is 8.09. The van der Waals surface area contributed by atoms with Crippen molar-refractivity contribution in [2.75, 3.05) is 19.0 Å². The lowest BCUT2D eigenvalue weighted by Crippen LogP contribution is -2.51. The maximum Gasteiger partial charge on any atom is 0.408 e. The Balaban J connectivity index is 1.19. The Morgan fingerprint density at radius 1 is 1.05 bits per heavy atom. The number of methoxy groups -OCH3 is 1. The van der Waals surface area contributed by atoms with Crippen LogP contribution in [-0.2, 0) is 14.3 Å². The number of amides is 2. The molecule has 2 saturated carbocycles. The molecule has 1 aromatic carbocycles. The second-order valence-electron chi connectivity index (χ2n) is 15.9. The molecule has 1 saturated heterocycles. The molecule has 12 nitrogen and oxygen atoms in total. The van der Waals surface area contributed by atoms with Crippen LogP contribution in [-0.4, -0.2) is 81.9 Å². The van der Waals surface area contributed by atoms with Crippen molar-refractivity contribution in [3.05, 3.63) is 48.2 Å². The van der Waals surface area contributed by atoms with E-state index in [0.717, 1.165) is 73.0 Å². The van der Waals surface area contributed by atoms with Gasteiger partial charge in [-0.15, -0.1) is 11.3 Å². The summed E-state index contributed by atoms with van der Waals surface area (Å²) in [4.78, 5) is 52.1. The number of pyridine rings is 1. The van der Waals surface area contributed by atoms with E-state index in [-0.39, 0.29) is 30.0 Å². The van der Waals surface area contributed by atoms with Crippen molar-refractivity contribution in [2.45, 2.75) is 128 Å². The topological polar surface area (TPSA) is 152 Å². The fourth-order valence-corrected chi connectivity index (χ4v) is 9.49. The van der Waals surface area contributed by atoms with Gasteiger partial charge in [-0.3, -0.25) is 9.59 Å². The Morgan fingerprint density at radius 3 is 2.62 bits per heavy atom. The maximum absolute atomic E-state index is 14.6. The summed E-state index contributed by atoms with van der Waals surface area (Å²) in [6.07, 6.45) is 12.9. The number of nitrogens with one attached hydrogen (secondary N) is 2. The zero-order chi connectivity index (χ0) is 38.7. The highest BCUT2D eigenvalue weighted by atomic mass is 32.1. The standard InChI is InChI=1S/C42H53N5O7S/c1-25(2)43-40-45-34(24-55-40)33-21-36(31-16-17-35(52-4)26(3)37(31)44-33)53-30-20-28-18-19-42(39(49)50)22-27(42)12-8-6-5-7-9-15-32(38(48)47(28)23-30)46-41(51)54-29-13-10-11-14-29/h8,12,16-17,21,24-25,27-30,32H,1,5-7,9-11,13-15,18-20,22-23H2,2-4H3,(H2-,43,45,46,49,50,51)/p+1/b12-8-/t25?,27?,28-,30-,32+,42+/m1/s1. The van der Waals surface area contributed by atoms with Gasteiger partial charge in [0, 0.05) is 34.9 Å². The number of alkyl carbamates (subject to hydrolysis) is 1. The summed E-state index contributed by atoms with van der Waals surface area (Å²) < 4.78 is 18.3. The lowest BCUT2D eigenvalue weighted by atomic mass is 9.93. The van der Waals surface area contributed by atoms with Gasteiger partial charge in [-0.25, -0.2) is 14.8 Å². The molecule has 0 radical (unpaired) electrons. The van der Waals surface area contributed by atoms with Gasteiger partial charge < -0.3 is 34.9 Å². The lowest BCUT2D eigenvalue weighted by Gasteiger charge is -2.30. The van der Waals surface area contributed by atoms with E-state index >= 15 is 0 Å². The van der Waals surface area contributed by atoms with Crippen LogP contribution >= 0.6 is 11.3 Å². The number of ether oxygens (including phenoxy) is 3. The van der Waals surface area contributed by atoms with Gasteiger partial charge in [0.1, 0.15) is 35.4 Å². The first-order chi connectivity index (χ1) is 26.5. The third kappa shape index (κ3) is 8.66. The number of benzene rings is 1. The summed E-state index contributed by atoms with van der Waals surface area (Å²) in [5.74, 6) is 0.358. The third-order valence-corrected chi connectivity index (χ3v) is 12.6. The number of aliphatic carboxylic acids is 1. The highest BCUT2D eigenvalue weighted by Gasteiger charge is 2.59. The Morgan fingerprint density at radius 2 is 1.85 bits per heavy atom. The summed E-state index contributed by atoms with van der Waals surface area (Å²) in [6, 6.07) is 4.70. The quantitative estimate of drug-likeness (QED) is 0.144. The van der Waals surface area contributed by atoms with Crippen LogP contribution in [0.25, 0.3) is 22.3 Å². The SMILES string of the molecule is [CH2+]C(C)Nc1nc(-c2cc(O[C@@H]3C[C@H]4CC[C@]5(C(=O)O)CC5/C=C\CCCCC[C@H](NC(=O)OC5CCCC5)C(=O)N4C3)c3ccc(OC)c(C)c3n2)cs1. The molecule has 3 fully saturated rings. The number of fused-ring (bicyclic) bond motifs is 3. The number of thiazole rings is 1. The first kappa shape index (κ1) is 38.7. The minimum Gasteiger partial charge on any atom is -0.496 e. The van der Waals surface area contributed by atoms with Crippen LogP contribution < -0.4 is 20.1 Å². The van der Waals surface area contributed by atoms with Gasteiger partial charge in [-0.1, -0.05) is 25.0 Å². The molecule has 13 heteroatoms. The maximum atomic E-state index is 14.6. The van der Waals surface area contributed by atoms with Gasteiger partial charge >= 0.3 is 12.1 Å². The van der Waals surface area contributed by atoms with Crippen LogP contribution in [0.4, 0.5) is 9.93 Å². The highest BCUT2D eigenvalue weighted by molar-refractivity contribution is 7.14. The summed E-state index contributed by atoms with van der Waals surface area (Å²) in [7, 11) is 1.63. The number of aryl methyl sites for hydroxylation is 1. The number of carboxylic acid groups (broad SMARTS) is 1. The first-order valence-electron chi connectivity index (χ1n) is 19.9. The normalized spacial score (nSPS) is 27.3. The number of carboxylic acids is 1. The summed E-state index contributed by atoms with van der Waals surface area (Å²) in [6.45, 7) is 8.24. The minimum atomic E-state index is -0.827. The third-order valence-electron chi connectivity index (χ3n) is 11.8. The van der Waals surface area contributed by atoms with E-state index in [1.165, 1.54) is 11.3 Å². The van der Waals surface area contributed by atoms with Gasteiger partial charge in [0.2, 0.25) is 5.91 Å². The average Bonchev–Trinajstić information content (AvgIpc) is 3.55. The number of nitrogens with zero attached hydrogens (tertiary/aromatic N) is 3. The van der Waals surface area contributed by atoms with E-state index in [1.807, 2.05) is 42.3 Å². The van der Waals surface area contributed by atoms with Gasteiger partial charge in [0.15, 0.2) is 11.2 Å². The molecule has 0 bridgehead atoms. The molecule has 3 aromatic rings. The summed E-state index contributed by atoms with van der Waals surface area (Å²) in [5.41, 5.74) is 2.11. The van der Waals surface area contributed by atoms with Crippen LogP contribution in [0.5, 0.6) is 11.5 Å². The fraction of sp³-hybridized carbons (Fsp3) is 0.571. The molecule has 294 valence electrons. The number of carbonyl (C=O) groups is 3. The smallest absolute Gasteiger partial charge is 0.408 e. The molecule has 55 heavy (non-hydrogen) atoms. The molecular weight excluding hydrogens is 719 g/mol. The van der Waals surface area contributed by atoms with Crippen LogP contribution in [0, 0.1) is 25.2 Å². The number of hydrogen-bond donors (Lipinski definition) is 3. The number of carbonyl (C=O) groups excluding carboxylic acids is 2. The number of aromatic nitrogens is 2. The highest BCUT2D eigenvalue weighted by Crippen LogP contribution is 2.57. The second-order valence-corrected chi connectivity index (χ2v) is 16.7. The largest absolute Gasteiger partial charge is 0.496 e. The lowest BCUT2D eigenvalue weighted by molar-refractivity contribution is -0.144. The van der Waals surface area contributed by atoms with Crippen LogP contribution in [0.1, 0.15) is 96.0 Å². The van der Waals surface area contributed by atoms with Crippen LogP contribution in [0.2, 0.25) is 0 Å². The van der Waals surface area contributed by atoms with E-state index < -0.39 is 29.6 Å². The van der Waals surface area contributed by atoms with Gasteiger partial charge in [-0.05, 0) is 96.1 Å². The number of allylic oxidation sites excluding steroid dienone is 2. The van der Waals surface area contributed by atoms with Crippen molar-refractivity contribution < 1.29 is 33.7 Å². The number of hydrogen-bond acceptors (Lipinski definition) is 10. The molecule has 6 atom stereocenters. The molecule has 4 aliphatic rings.